The summed E-state index contributed by atoms with van der Waals surface area (Å²) >= 11 is 1.47. The maximum atomic E-state index is 12.1. The Morgan fingerprint density at radius 1 is 1.12 bits per heavy atom. The molecule has 1 saturated heterocycles. The molecule has 0 aromatic carbocycles. The maximum Gasteiger partial charge on any atom is 0.224 e. The number of aryl methyl sites for hydroxylation is 1. The fourth-order valence-electron chi connectivity index (χ4n) is 2.84. The van der Waals surface area contributed by atoms with Crippen molar-refractivity contribution >= 4 is 34.5 Å². The van der Waals surface area contributed by atoms with Crippen molar-refractivity contribution in [3.63, 3.8) is 0 Å². The molecule has 7 heteroatoms. The number of aromatic nitrogens is 1. The highest BCUT2D eigenvalue weighted by atomic mass is 32.1. The third-order valence-electron chi connectivity index (χ3n) is 4.45. The first-order valence-electron chi connectivity index (χ1n) is 8.80. The molecule has 2 aromatic rings. The number of ketones is 1. The molecule has 1 N–H and O–H groups in total. The molecule has 1 aliphatic heterocycles. The van der Waals surface area contributed by atoms with Crippen LogP contribution in [0.4, 0.5) is 11.5 Å². The van der Waals surface area contributed by atoms with Crippen LogP contribution in [0.2, 0.25) is 0 Å². The number of nitrogens with zero attached hydrogens (tertiary/aromatic N) is 3. The number of carbonyl (C=O) groups is 2. The Hall–Kier alpha value is -2.25. The van der Waals surface area contributed by atoms with Crippen LogP contribution in [0.25, 0.3) is 0 Å². The van der Waals surface area contributed by atoms with Crippen molar-refractivity contribution in [2.24, 2.45) is 0 Å². The summed E-state index contributed by atoms with van der Waals surface area (Å²) in [6.07, 6.45) is 2.07. The van der Waals surface area contributed by atoms with E-state index in [1.165, 1.54) is 11.3 Å². The number of nitrogens with one attached hydrogen (secondary N) is 1. The number of thiophene rings is 1. The van der Waals surface area contributed by atoms with Gasteiger partial charge in [-0.05, 0) is 38.2 Å². The zero-order valence-electron chi connectivity index (χ0n) is 15.2. The smallest absolute Gasteiger partial charge is 0.224 e. The number of Topliss-reactive ketones (excluding diaryl/α,β-unsaturated/α-hetero) is 1. The molecule has 2 aromatic heterocycles. The Kier molecular flexibility index (Phi) is 6.00. The minimum Gasteiger partial charge on any atom is -0.354 e. The Morgan fingerprint density at radius 3 is 2.50 bits per heavy atom. The van der Waals surface area contributed by atoms with Crippen LogP contribution in [0, 0.1) is 6.92 Å². The molecular formula is C19H24N4O2S. The quantitative estimate of drug-likeness (QED) is 0.790. The first kappa shape index (κ1) is 18.5. The number of rotatable bonds is 6. The van der Waals surface area contributed by atoms with Crippen molar-refractivity contribution in [3.8, 4) is 0 Å². The fourth-order valence-corrected chi connectivity index (χ4v) is 3.68. The van der Waals surface area contributed by atoms with Gasteiger partial charge in [-0.3, -0.25) is 9.59 Å². The Morgan fingerprint density at radius 2 is 1.88 bits per heavy atom. The summed E-state index contributed by atoms with van der Waals surface area (Å²) < 4.78 is 0. The van der Waals surface area contributed by atoms with Gasteiger partial charge in [0.1, 0.15) is 5.82 Å². The molecule has 0 aliphatic carbocycles. The van der Waals surface area contributed by atoms with Gasteiger partial charge < -0.3 is 15.1 Å². The summed E-state index contributed by atoms with van der Waals surface area (Å²) in [5.74, 6) is 0.780. The molecule has 0 radical (unpaired) electrons. The molecule has 1 aliphatic rings. The highest BCUT2D eigenvalue weighted by Crippen LogP contribution is 2.18. The number of carbonyl (C=O) groups excluding carboxylic acids is 2. The molecule has 3 rings (SSSR count). The van der Waals surface area contributed by atoms with Crippen LogP contribution in [-0.2, 0) is 4.79 Å². The van der Waals surface area contributed by atoms with Crippen molar-refractivity contribution in [3.05, 3.63) is 40.2 Å². The average Bonchev–Trinajstić information content (AvgIpc) is 3.08. The van der Waals surface area contributed by atoms with Gasteiger partial charge in [0.15, 0.2) is 5.78 Å². The summed E-state index contributed by atoms with van der Waals surface area (Å²) in [5, 5.41) is 2.81. The maximum absolute atomic E-state index is 12.1. The van der Waals surface area contributed by atoms with E-state index in [1.54, 1.807) is 6.20 Å². The summed E-state index contributed by atoms with van der Waals surface area (Å²) in [6, 6.07) is 7.54. The highest BCUT2D eigenvalue weighted by Gasteiger charge is 2.15. The third kappa shape index (κ3) is 4.89. The second-order valence-corrected chi connectivity index (χ2v) is 7.86. The monoisotopic (exact) mass is 372 g/mol. The minimum atomic E-state index is -0.166. The van der Waals surface area contributed by atoms with E-state index in [-0.39, 0.29) is 24.5 Å². The van der Waals surface area contributed by atoms with E-state index < -0.39 is 0 Å². The molecule has 1 amide bonds. The molecule has 0 saturated carbocycles. The predicted octanol–water partition coefficient (Wildman–Crippen LogP) is 2.80. The van der Waals surface area contributed by atoms with Crippen LogP contribution in [0.1, 0.15) is 27.4 Å². The number of piperazine rings is 1. The van der Waals surface area contributed by atoms with Crippen molar-refractivity contribution in [2.45, 2.75) is 19.8 Å². The fraction of sp³-hybridized carbons (Fsp3) is 0.421. The highest BCUT2D eigenvalue weighted by molar-refractivity contribution is 7.14. The van der Waals surface area contributed by atoms with E-state index in [0.717, 1.165) is 36.9 Å². The molecule has 6 nitrogen and oxygen atoms in total. The standard InChI is InChI=1S/C19H24N4O2S/c1-14-3-6-17(26-14)16(24)5-8-19(25)21-15-4-7-18(20-13-15)23-11-9-22(2)10-12-23/h3-4,6-7,13H,5,8-12H2,1-2H3,(H,21,25). The second kappa shape index (κ2) is 8.42. The predicted molar refractivity (Wildman–Crippen MR) is 105 cm³/mol. The summed E-state index contributed by atoms with van der Waals surface area (Å²) in [5.41, 5.74) is 0.660. The number of hydrogen-bond acceptors (Lipinski definition) is 6. The lowest BCUT2D eigenvalue weighted by atomic mass is 10.2. The lowest BCUT2D eigenvalue weighted by Gasteiger charge is -2.33. The lowest BCUT2D eigenvalue weighted by Crippen LogP contribution is -2.44. The van der Waals surface area contributed by atoms with E-state index in [2.05, 4.69) is 27.1 Å². The Bertz CT molecular complexity index is 764. The lowest BCUT2D eigenvalue weighted by molar-refractivity contribution is -0.116. The van der Waals surface area contributed by atoms with Crippen molar-refractivity contribution in [1.82, 2.24) is 9.88 Å². The van der Waals surface area contributed by atoms with Crippen molar-refractivity contribution in [2.75, 3.05) is 43.4 Å². The van der Waals surface area contributed by atoms with E-state index in [4.69, 9.17) is 0 Å². The average molecular weight is 372 g/mol. The molecule has 0 atom stereocenters. The van der Waals surface area contributed by atoms with E-state index >= 15 is 0 Å². The number of amides is 1. The van der Waals surface area contributed by atoms with Crippen LogP contribution in [0.3, 0.4) is 0 Å². The topological polar surface area (TPSA) is 65.5 Å². The van der Waals surface area contributed by atoms with Gasteiger partial charge in [0.25, 0.3) is 0 Å². The third-order valence-corrected chi connectivity index (χ3v) is 5.49. The van der Waals surface area contributed by atoms with E-state index in [0.29, 0.717) is 10.6 Å². The summed E-state index contributed by atoms with van der Waals surface area (Å²) in [6.45, 7) is 5.93. The molecule has 26 heavy (non-hydrogen) atoms. The second-order valence-electron chi connectivity index (χ2n) is 6.58. The summed E-state index contributed by atoms with van der Waals surface area (Å²) in [7, 11) is 2.12. The van der Waals surface area contributed by atoms with Crippen LogP contribution >= 0.6 is 11.3 Å². The first-order chi connectivity index (χ1) is 12.5. The largest absolute Gasteiger partial charge is 0.354 e. The number of anilines is 2. The van der Waals surface area contributed by atoms with Crippen LogP contribution in [-0.4, -0.2) is 54.8 Å². The Balaban J connectivity index is 1.47. The van der Waals surface area contributed by atoms with Gasteiger partial charge in [-0.1, -0.05) is 0 Å². The SMILES string of the molecule is Cc1ccc(C(=O)CCC(=O)Nc2ccc(N3CCN(C)CC3)nc2)s1. The van der Waals surface area contributed by atoms with Crippen LogP contribution < -0.4 is 10.2 Å². The van der Waals surface area contributed by atoms with E-state index in [1.807, 2.05) is 31.2 Å². The molecule has 3 heterocycles. The molecular weight excluding hydrogens is 348 g/mol. The molecule has 0 spiro atoms. The van der Waals surface area contributed by atoms with E-state index in [9.17, 15) is 9.59 Å². The zero-order valence-corrected chi connectivity index (χ0v) is 16.0. The summed E-state index contributed by atoms with van der Waals surface area (Å²) in [4.78, 5) is 34.9. The minimum absolute atomic E-state index is 0.0155. The first-order valence-corrected chi connectivity index (χ1v) is 9.62. The van der Waals surface area contributed by atoms with Gasteiger partial charge in [-0.2, -0.15) is 0 Å². The van der Waals surface area contributed by atoms with Gasteiger partial charge in [0.2, 0.25) is 5.91 Å². The molecule has 1 fully saturated rings. The zero-order chi connectivity index (χ0) is 18.5. The Labute approximate surface area is 157 Å². The number of likely N-dealkylation sites (N-methyl/N-ethyl adjacent to an activating group) is 1. The normalized spacial score (nSPS) is 15.1. The van der Waals surface area contributed by atoms with Crippen molar-refractivity contribution in [1.29, 1.82) is 0 Å². The van der Waals surface area contributed by atoms with Gasteiger partial charge in [0.05, 0.1) is 16.8 Å². The molecule has 138 valence electrons. The number of pyridine rings is 1. The van der Waals surface area contributed by atoms with Crippen LogP contribution in [0.15, 0.2) is 30.5 Å². The van der Waals surface area contributed by atoms with Gasteiger partial charge >= 0.3 is 0 Å². The number of hydrogen-bond donors (Lipinski definition) is 1. The van der Waals surface area contributed by atoms with Crippen molar-refractivity contribution < 1.29 is 9.59 Å². The van der Waals surface area contributed by atoms with Crippen LogP contribution in [0.5, 0.6) is 0 Å². The van der Waals surface area contributed by atoms with Gasteiger partial charge in [-0.25, -0.2) is 4.98 Å². The molecule has 0 bridgehead atoms. The van der Waals surface area contributed by atoms with Gasteiger partial charge in [-0.15, -0.1) is 11.3 Å². The molecule has 0 unspecified atom stereocenters. The van der Waals surface area contributed by atoms with Gasteiger partial charge in [0, 0.05) is 43.9 Å².